The Morgan fingerprint density at radius 2 is 1.57 bits per heavy atom. The van der Waals surface area contributed by atoms with E-state index >= 15 is 0 Å². The van der Waals surface area contributed by atoms with Crippen molar-refractivity contribution in [3.63, 3.8) is 0 Å². The van der Waals surface area contributed by atoms with E-state index in [0.29, 0.717) is 0 Å². The molecule has 0 saturated carbocycles. The lowest BCUT2D eigenvalue weighted by molar-refractivity contribution is -0.299. The Bertz CT molecular complexity index is 278. The largest absolute Gasteiger partial charge is 0.481 e. The molecule has 0 rings (SSSR count). The number of hydrogen-bond donors (Lipinski definition) is 1. The first-order chi connectivity index (χ1) is 10.1. The maximum absolute atomic E-state index is 11.2. The summed E-state index contributed by atoms with van der Waals surface area (Å²) in [6.07, 6.45) is 9.85. The number of carbonyl (C=O) groups is 2. The molecular weight excluding hydrogens is 272 g/mol. The van der Waals surface area contributed by atoms with Gasteiger partial charge in [-0.1, -0.05) is 58.8 Å². The Labute approximate surface area is 127 Å². The summed E-state index contributed by atoms with van der Waals surface area (Å²) in [6, 6.07) is 0. The first kappa shape index (κ1) is 19.9. The van der Waals surface area contributed by atoms with Crippen LogP contribution in [0, 0.1) is 0 Å². The van der Waals surface area contributed by atoms with Gasteiger partial charge in [0.25, 0.3) is 0 Å². The summed E-state index contributed by atoms with van der Waals surface area (Å²) >= 11 is 0. The molecule has 5 heteroatoms. The fourth-order valence-electron chi connectivity index (χ4n) is 2.02. The Balaban J connectivity index is 3.57. The molecule has 0 aromatic carbocycles. The van der Waals surface area contributed by atoms with Crippen LogP contribution in [0.4, 0.5) is 0 Å². The molecule has 0 aliphatic carbocycles. The fourth-order valence-corrected chi connectivity index (χ4v) is 2.02. The zero-order chi connectivity index (χ0) is 15.9. The van der Waals surface area contributed by atoms with Gasteiger partial charge in [0.1, 0.15) is 6.10 Å². The minimum atomic E-state index is -1.01. The van der Waals surface area contributed by atoms with Gasteiger partial charge in [0.2, 0.25) is 0 Å². The third-order valence-electron chi connectivity index (χ3n) is 3.41. The maximum atomic E-state index is 11.2. The monoisotopic (exact) mass is 302 g/mol. The average Bonchev–Trinajstić information content (AvgIpc) is 2.47. The molecule has 0 spiro atoms. The van der Waals surface area contributed by atoms with Gasteiger partial charge in [-0.05, 0) is 12.8 Å². The number of hydrogen-bond acceptors (Lipinski definition) is 4. The van der Waals surface area contributed by atoms with Crippen LogP contribution < -0.4 is 0 Å². The van der Waals surface area contributed by atoms with E-state index in [4.69, 9.17) is 9.99 Å². The number of carbonyl (C=O) groups excluding carboxylic acids is 1. The number of carboxylic acids is 1. The van der Waals surface area contributed by atoms with E-state index in [1.165, 1.54) is 38.5 Å². The SMILES string of the molecule is CCCCCCCCCC(CC)OOC(=O)CCC(=O)O. The molecule has 0 radical (unpaired) electrons. The summed E-state index contributed by atoms with van der Waals surface area (Å²) < 4.78 is 0. The van der Waals surface area contributed by atoms with Gasteiger partial charge < -0.3 is 5.11 Å². The molecule has 0 amide bonds. The van der Waals surface area contributed by atoms with Crippen LogP contribution in [0.15, 0.2) is 0 Å². The number of rotatable bonds is 14. The number of aliphatic carboxylic acids is 1. The molecule has 1 atom stereocenters. The predicted molar refractivity (Wildman–Crippen MR) is 80.7 cm³/mol. The fraction of sp³-hybridized carbons (Fsp3) is 0.875. The lowest BCUT2D eigenvalue weighted by atomic mass is 10.1. The van der Waals surface area contributed by atoms with Gasteiger partial charge in [-0.3, -0.25) is 9.68 Å². The van der Waals surface area contributed by atoms with E-state index in [9.17, 15) is 9.59 Å². The summed E-state index contributed by atoms with van der Waals surface area (Å²) in [4.78, 5) is 31.3. The molecule has 5 nitrogen and oxygen atoms in total. The Morgan fingerprint density at radius 1 is 0.952 bits per heavy atom. The van der Waals surface area contributed by atoms with Gasteiger partial charge in [0.05, 0.1) is 12.8 Å². The molecule has 0 heterocycles. The summed E-state index contributed by atoms with van der Waals surface area (Å²) in [5.41, 5.74) is 0. The van der Waals surface area contributed by atoms with Gasteiger partial charge in [0, 0.05) is 0 Å². The van der Waals surface area contributed by atoms with Gasteiger partial charge in [-0.25, -0.2) is 4.79 Å². The van der Waals surface area contributed by atoms with Gasteiger partial charge >= 0.3 is 11.9 Å². The molecular formula is C16H30O5. The van der Waals surface area contributed by atoms with Gasteiger partial charge in [-0.2, -0.15) is 4.89 Å². The van der Waals surface area contributed by atoms with Crippen LogP contribution in [-0.2, 0) is 19.4 Å². The highest BCUT2D eigenvalue weighted by Crippen LogP contribution is 2.13. The first-order valence-electron chi connectivity index (χ1n) is 8.18. The summed E-state index contributed by atoms with van der Waals surface area (Å²) in [5.74, 6) is -1.63. The van der Waals surface area contributed by atoms with Crippen LogP contribution in [0.2, 0.25) is 0 Å². The van der Waals surface area contributed by atoms with Crippen molar-refractivity contribution >= 4 is 11.9 Å². The third kappa shape index (κ3) is 13.6. The quantitative estimate of drug-likeness (QED) is 0.295. The third-order valence-corrected chi connectivity index (χ3v) is 3.41. The van der Waals surface area contributed by atoms with Gasteiger partial charge in [-0.15, -0.1) is 0 Å². The average molecular weight is 302 g/mol. The highest BCUT2D eigenvalue weighted by molar-refractivity contribution is 5.76. The second-order valence-electron chi connectivity index (χ2n) is 5.39. The van der Waals surface area contributed by atoms with Crippen molar-refractivity contribution in [1.29, 1.82) is 0 Å². The lowest BCUT2D eigenvalue weighted by Gasteiger charge is -2.13. The van der Waals surface area contributed by atoms with Crippen LogP contribution in [0.25, 0.3) is 0 Å². The molecule has 0 bridgehead atoms. The van der Waals surface area contributed by atoms with Crippen LogP contribution in [-0.4, -0.2) is 23.1 Å². The van der Waals surface area contributed by atoms with Crippen molar-refractivity contribution in [3.8, 4) is 0 Å². The zero-order valence-electron chi connectivity index (χ0n) is 13.4. The number of carboxylic acid groups (broad SMARTS) is 1. The molecule has 0 aliphatic rings. The van der Waals surface area contributed by atoms with E-state index in [1.54, 1.807) is 0 Å². The van der Waals surface area contributed by atoms with Crippen molar-refractivity contribution in [2.75, 3.05) is 0 Å². The van der Waals surface area contributed by atoms with Crippen LogP contribution in [0.1, 0.15) is 84.5 Å². The molecule has 0 fully saturated rings. The van der Waals surface area contributed by atoms with Crippen molar-refractivity contribution < 1.29 is 24.5 Å². The lowest BCUT2D eigenvalue weighted by Crippen LogP contribution is -2.16. The minimum absolute atomic E-state index is 0.0885. The Kier molecular flexibility index (Phi) is 13.1. The maximum Gasteiger partial charge on any atom is 0.342 e. The van der Waals surface area contributed by atoms with Crippen molar-refractivity contribution in [2.24, 2.45) is 0 Å². The van der Waals surface area contributed by atoms with Crippen LogP contribution in [0.5, 0.6) is 0 Å². The first-order valence-corrected chi connectivity index (χ1v) is 8.18. The zero-order valence-corrected chi connectivity index (χ0v) is 13.4. The Morgan fingerprint density at radius 3 is 2.14 bits per heavy atom. The van der Waals surface area contributed by atoms with Crippen LogP contribution >= 0.6 is 0 Å². The van der Waals surface area contributed by atoms with E-state index in [-0.39, 0.29) is 18.9 Å². The molecule has 1 N–H and O–H groups in total. The molecule has 0 aromatic rings. The van der Waals surface area contributed by atoms with E-state index in [0.717, 1.165) is 19.3 Å². The normalized spacial score (nSPS) is 12.1. The van der Waals surface area contributed by atoms with E-state index in [2.05, 4.69) is 11.8 Å². The standard InChI is InChI=1S/C16H30O5/c1-3-5-6-7-8-9-10-11-14(4-2)20-21-16(19)13-12-15(17)18/h14H,3-13H2,1-2H3,(H,17,18). The molecule has 0 aliphatic heterocycles. The van der Waals surface area contributed by atoms with Crippen LogP contribution in [0.3, 0.4) is 0 Å². The molecule has 124 valence electrons. The van der Waals surface area contributed by atoms with Crippen molar-refractivity contribution in [2.45, 2.75) is 90.6 Å². The summed E-state index contributed by atoms with van der Waals surface area (Å²) in [7, 11) is 0. The number of unbranched alkanes of at least 4 members (excludes halogenated alkanes) is 6. The smallest absolute Gasteiger partial charge is 0.342 e. The van der Waals surface area contributed by atoms with E-state index in [1.807, 2.05) is 6.92 Å². The Hall–Kier alpha value is -1.10. The molecule has 21 heavy (non-hydrogen) atoms. The summed E-state index contributed by atoms with van der Waals surface area (Å²) in [5, 5.41) is 8.46. The second-order valence-corrected chi connectivity index (χ2v) is 5.39. The van der Waals surface area contributed by atoms with E-state index < -0.39 is 11.9 Å². The topological polar surface area (TPSA) is 72.8 Å². The van der Waals surface area contributed by atoms with Gasteiger partial charge in [0.15, 0.2) is 0 Å². The minimum Gasteiger partial charge on any atom is -0.481 e. The molecule has 0 saturated heterocycles. The summed E-state index contributed by atoms with van der Waals surface area (Å²) in [6.45, 7) is 4.19. The second kappa shape index (κ2) is 13.9. The molecule has 0 aromatic heterocycles. The highest BCUT2D eigenvalue weighted by atomic mass is 17.2. The van der Waals surface area contributed by atoms with Crippen molar-refractivity contribution in [3.05, 3.63) is 0 Å². The molecule has 1 unspecified atom stereocenters. The highest BCUT2D eigenvalue weighted by Gasteiger charge is 2.12. The van der Waals surface area contributed by atoms with Crippen molar-refractivity contribution in [1.82, 2.24) is 0 Å². The predicted octanol–water partition coefficient (Wildman–Crippen LogP) is 4.25.